The number of likely N-dealkylation sites (tertiary alicyclic amines) is 2. The van der Waals surface area contributed by atoms with Crippen LogP contribution >= 0.6 is 0 Å². The second kappa shape index (κ2) is 8.20. The van der Waals surface area contributed by atoms with E-state index >= 15 is 0 Å². The molecule has 3 aromatic heterocycles. The fourth-order valence-corrected chi connectivity index (χ4v) is 6.59. The molecule has 2 amide bonds. The number of hydrogen-bond acceptors (Lipinski definition) is 6. The van der Waals surface area contributed by atoms with Crippen molar-refractivity contribution in [2.24, 2.45) is 5.92 Å². The first-order valence-electron chi connectivity index (χ1n) is 12.0. The Morgan fingerprint density at radius 2 is 1.81 bits per heavy atom. The number of hydrogen-bond donors (Lipinski definition) is 0. The molecule has 13 heteroatoms. The molecular formula is C24H25F2N7O3S. The van der Waals surface area contributed by atoms with Gasteiger partial charge in [-0.2, -0.15) is 0 Å². The van der Waals surface area contributed by atoms with Gasteiger partial charge in [-0.05, 0) is 31.0 Å². The summed E-state index contributed by atoms with van der Waals surface area (Å²) in [5, 5.41) is 8.66. The van der Waals surface area contributed by atoms with Gasteiger partial charge in [0.15, 0.2) is 11.3 Å². The number of benzene rings is 1. The molecule has 0 N–H and O–H groups in total. The van der Waals surface area contributed by atoms with Crippen molar-refractivity contribution in [3.63, 3.8) is 0 Å². The van der Waals surface area contributed by atoms with Gasteiger partial charge in [0.05, 0.1) is 29.7 Å². The van der Waals surface area contributed by atoms with E-state index in [1.54, 1.807) is 39.6 Å². The summed E-state index contributed by atoms with van der Waals surface area (Å²) in [6.07, 6.45) is 3.68. The van der Waals surface area contributed by atoms with Crippen molar-refractivity contribution < 1.29 is 22.0 Å². The number of fused-ring (bicyclic) bond motifs is 3. The lowest BCUT2D eigenvalue weighted by Crippen LogP contribution is -2.61. The minimum absolute atomic E-state index is 0.0414. The van der Waals surface area contributed by atoms with Crippen molar-refractivity contribution in [2.45, 2.75) is 37.0 Å². The molecule has 0 bridgehead atoms. The second-order valence-corrected chi connectivity index (χ2v) is 11.6. The lowest BCUT2D eigenvalue weighted by Gasteiger charge is -2.40. The van der Waals surface area contributed by atoms with Gasteiger partial charge in [0.2, 0.25) is 0 Å². The SMILES string of the molecule is CC[C@H]1CN(C(=O)N2CC(F)(F)C2)C[C@H]1c1nnc2cnc3c(ccn3S(=O)(=O)c3ccc(C)cc3)n12. The van der Waals surface area contributed by atoms with E-state index in [4.69, 9.17) is 0 Å². The summed E-state index contributed by atoms with van der Waals surface area (Å²) in [5.41, 5.74) is 2.16. The maximum atomic E-state index is 13.4. The molecule has 2 fully saturated rings. The molecule has 2 aliphatic rings. The molecule has 0 radical (unpaired) electrons. The Bertz CT molecular complexity index is 1620. The predicted molar refractivity (Wildman–Crippen MR) is 130 cm³/mol. The van der Waals surface area contributed by atoms with Crippen LogP contribution in [0.25, 0.3) is 16.8 Å². The molecule has 5 heterocycles. The van der Waals surface area contributed by atoms with E-state index in [1.807, 2.05) is 13.8 Å². The third-order valence-electron chi connectivity index (χ3n) is 7.32. The van der Waals surface area contributed by atoms with Gasteiger partial charge in [-0.3, -0.25) is 4.40 Å². The lowest BCUT2D eigenvalue weighted by molar-refractivity contribution is -0.113. The van der Waals surface area contributed by atoms with Crippen LogP contribution in [0.2, 0.25) is 0 Å². The van der Waals surface area contributed by atoms with E-state index in [1.165, 1.54) is 12.4 Å². The molecule has 0 spiro atoms. The fourth-order valence-electron chi connectivity index (χ4n) is 5.29. The minimum Gasteiger partial charge on any atom is -0.324 e. The zero-order chi connectivity index (χ0) is 26.1. The second-order valence-electron chi connectivity index (χ2n) is 9.82. The minimum atomic E-state index is -3.89. The Morgan fingerprint density at radius 1 is 1.08 bits per heavy atom. The average molecular weight is 530 g/mol. The Morgan fingerprint density at radius 3 is 2.49 bits per heavy atom. The molecule has 4 aromatic rings. The molecule has 2 aliphatic heterocycles. The number of carbonyl (C=O) groups excluding carboxylic acids is 1. The maximum absolute atomic E-state index is 13.4. The first-order chi connectivity index (χ1) is 17.6. The normalized spacial score (nSPS) is 21.6. The molecule has 0 aliphatic carbocycles. The first-order valence-corrected chi connectivity index (χ1v) is 13.5. The Labute approximate surface area is 211 Å². The van der Waals surface area contributed by atoms with Crippen LogP contribution in [0.1, 0.15) is 30.7 Å². The Kier molecular flexibility index (Phi) is 5.27. The molecule has 0 saturated carbocycles. The van der Waals surface area contributed by atoms with E-state index in [0.29, 0.717) is 30.1 Å². The van der Waals surface area contributed by atoms with Crippen molar-refractivity contribution >= 4 is 32.9 Å². The van der Waals surface area contributed by atoms with Crippen LogP contribution in [0.5, 0.6) is 0 Å². The summed E-state index contributed by atoms with van der Waals surface area (Å²) < 4.78 is 56.3. The summed E-state index contributed by atoms with van der Waals surface area (Å²) in [7, 11) is -3.89. The molecule has 6 rings (SSSR count). The molecule has 37 heavy (non-hydrogen) atoms. The summed E-state index contributed by atoms with van der Waals surface area (Å²) in [5.74, 6) is -2.40. The van der Waals surface area contributed by atoms with Crippen LogP contribution in [-0.4, -0.2) is 79.9 Å². The van der Waals surface area contributed by atoms with Gasteiger partial charge in [0.1, 0.15) is 5.82 Å². The number of aromatic nitrogens is 5. The quantitative estimate of drug-likeness (QED) is 0.402. The van der Waals surface area contributed by atoms with Gasteiger partial charge in [-0.1, -0.05) is 31.0 Å². The number of aryl methyl sites for hydroxylation is 1. The van der Waals surface area contributed by atoms with Crippen LogP contribution in [0.4, 0.5) is 13.6 Å². The van der Waals surface area contributed by atoms with E-state index in [-0.39, 0.29) is 22.4 Å². The highest BCUT2D eigenvalue weighted by molar-refractivity contribution is 7.90. The van der Waals surface area contributed by atoms with Crippen molar-refractivity contribution in [1.82, 2.24) is 33.4 Å². The van der Waals surface area contributed by atoms with Crippen LogP contribution in [0, 0.1) is 12.8 Å². The molecular weight excluding hydrogens is 504 g/mol. The Balaban J connectivity index is 1.38. The largest absolute Gasteiger partial charge is 0.324 e. The molecule has 2 saturated heterocycles. The molecule has 1 aromatic carbocycles. The monoisotopic (exact) mass is 529 g/mol. The van der Waals surface area contributed by atoms with E-state index in [9.17, 15) is 22.0 Å². The van der Waals surface area contributed by atoms with E-state index in [0.717, 1.165) is 20.9 Å². The average Bonchev–Trinajstić information content (AvgIpc) is 3.57. The predicted octanol–water partition coefficient (Wildman–Crippen LogP) is 3.12. The van der Waals surface area contributed by atoms with Gasteiger partial charge >= 0.3 is 6.03 Å². The number of nitrogens with zero attached hydrogens (tertiary/aromatic N) is 7. The van der Waals surface area contributed by atoms with Crippen LogP contribution in [0.3, 0.4) is 0 Å². The van der Waals surface area contributed by atoms with Gasteiger partial charge < -0.3 is 9.80 Å². The highest BCUT2D eigenvalue weighted by atomic mass is 32.2. The van der Waals surface area contributed by atoms with Crippen molar-refractivity contribution in [2.75, 3.05) is 26.2 Å². The van der Waals surface area contributed by atoms with E-state index < -0.39 is 35.1 Å². The highest BCUT2D eigenvalue weighted by Gasteiger charge is 2.49. The standard InChI is InChI=1S/C24H25F2N7O3S/c1-3-16-11-30(23(34)31-13-24(25,26)14-31)12-18(16)21-29-28-20-10-27-22-19(33(20)21)8-9-32(22)37(35,36)17-6-4-15(2)5-7-17/h4-10,16,18H,3,11-14H2,1-2H3/t16-,18+/m0/s1. The smallest absolute Gasteiger partial charge is 0.320 e. The molecule has 194 valence electrons. The number of carbonyl (C=O) groups is 1. The van der Waals surface area contributed by atoms with Gasteiger partial charge in [-0.25, -0.2) is 30.9 Å². The third-order valence-corrected chi connectivity index (χ3v) is 9.00. The summed E-state index contributed by atoms with van der Waals surface area (Å²) in [4.78, 5) is 20.1. The maximum Gasteiger partial charge on any atom is 0.320 e. The van der Waals surface area contributed by atoms with E-state index in [2.05, 4.69) is 15.2 Å². The zero-order valence-electron chi connectivity index (χ0n) is 20.3. The highest BCUT2D eigenvalue weighted by Crippen LogP contribution is 2.37. The fraction of sp³-hybridized carbons (Fsp3) is 0.417. The number of halogens is 2. The number of amides is 2. The topological polar surface area (TPSA) is 106 Å². The lowest BCUT2D eigenvalue weighted by atomic mass is 9.93. The van der Waals surface area contributed by atoms with Crippen molar-refractivity contribution in [1.29, 1.82) is 0 Å². The third kappa shape index (κ3) is 3.74. The van der Waals surface area contributed by atoms with Crippen LogP contribution < -0.4 is 0 Å². The van der Waals surface area contributed by atoms with Gasteiger partial charge in [0, 0.05) is 25.2 Å². The van der Waals surface area contributed by atoms with Crippen molar-refractivity contribution in [3.05, 3.63) is 54.1 Å². The number of alkyl halides is 2. The van der Waals surface area contributed by atoms with Crippen molar-refractivity contribution in [3.8, 4) is 0 Å². The molecule has 10 nitrogen and oxygen atoms in total. The van der Waals surface area contributed by atoms with Gasteiger partial charge in [-0.15, -0.1) is 10.2 Å². The van der Waals surface area contributed by atoms with Crippen LogP contribution in [-0.2, 0) is 10.0 Å². The summed E-state index contributed by atoms with van der Waals surface area (Å²) in [6.45, 7) is 3.50. The Hall–Kier alpha value is -3.61. The summed E-state index contributed by atoms with van der Waals surface area (Å²) in [6, 6.07) is 7.85. The summed E-state index contributed by atoms with van der Waals surface area (Å²) >= 11 is 0. The molecule has 0 unspecified atom stereocenters. The van der Waals surface area contributed by atoms with Gasteiger partial charge in [0.25, 0.3) is 15.9 Å². The van der Waals surface area contributed by atoms with Crippen LogP contribution in [0.15, 0.2) is 47.6 Å². The molecule has 2 atom stereocenters. The zero-order valence-corrected chi connectivity index (χ0v) is 21.1. The first kappa shape index (κ1) is 23.8. The number of rotatable bonds is 4. The number of urea groups is 1.